The Labute approximate surface area is 103 Å². The van der Waals surface area contributed by atoms with Crippen molar-refractivity contribution in [3.63, 3.8) is 0 Å². The summed E-state index contributed by atoms with van der Waals surface area (Å²) in [6.07, 6.45) is 0. The van der Waals surface area contributed by atoms with Gasteiger partial charge in [0, 0.05) is 17.6 Å². The second-order valence-electron chi connectivity index (χ2n) is 3.47. The van der Waals surface area contributed by atoms with Gasteiger partial charge in [-0.25, -0.2) is 4.98 Å². The van der Waals surface area contributed by atoms with Gasteiger partial charge >= 0.3 is 4.87 Å². The van der Waals surface area contributed by atoms with Gasteiger partial charge in [0.05, 0.1) is 6.54 Å². The Morgan fingerprint density at radius 1 is 1.35 bits per heavy atom. The van der Waals surface area contributed by atoms with E-state index >= 15 is 0 Å². The second-order valence-corrected chi connectivity index (χ2v) is 4.31. The van der Waals surface area contributed by atoms with Crippen molar-refractivity contribution in [2.75, 3.05) is 17.2 Å². The van der Waals surface area contributed by atoms with Gasteiger partial charge in [-0.2, -0.15) is 0 Å². The van der Waals surface area contributed by atoms with Crippen LogP contribution >= 0.6 is 11.3 Å². The molecule has 0 atom stereocenters. The number of pyridine rings is 1. The number of hydrogen-bond acceptors (Lipinski definition) is 5. The second kappa shape index (κ2) is 5.49. The van der Waals surface area contributed by atoms with Crippen molar-refractivity contribution in [1.29, 1.82) is 0 Å². The molecule has 90 valence electrons. The normalized spacial score (nSPS) is 10.2. The third-order valence-corrected chi connectivity index (χ3v) is 2.86. The van der Waals surface area contributed by atoms with Crippen molar-refractivity contribution in [1.82, 2.24) is 9.97 Å². The SMILES string of the molecule is CCNc1cccc(NCc2csc(=O)[nH]2)n1. The van der Waals surface area contributed by atoms with E-state index in [2.05, 4.69) is 20.6 Å². The molecule has 2 aromatic rings. The molecule has 2 aromatic heterocycles. The average molecular weight is 250 g/mol. The summed E-state index contributed by atoms with van der Waals surface area (Å²) >= 11 is 1.17. The largest absolute Gasteiger partial charge is 0.370 e. The van der Waals surface area contributed by atoms with Crippen LogP contribution in [0.1, 0.15) is 12.6 Å². The summed E-state index contributed by atoms with van der Waals surface area (Å²) in [6.45, 7) is 3.44. The number of aromatic nitrogens is 2. The van der Waals surface area contributed by atoms with E-state index in [-0.39, 0.29) is 4.87 Å². The summed E-state index contributed by atoms with van der Waals surface area (Å²) in [5.41, 5.74) is 0.871. The Morgan fingerprint density at radius 2 is 2.12 bits per heavy atom. The number of hydrogen-bond donors (Lipinski definition) is 3. The molecule has 0 aliphatic rings. The molecule has 0 aliphatic heterocycles. The molecule has 2 rings (SSSR count). The molecule has 0 fully saturated rings. The molecular weight excluding hydrogens is 236 g/mol. The van der Waals surface area contributed by atoms with Gasteiger partial charge in [-0.05, 0) is 19.1 Å². The van der Waals surface area contributed by atoms with Gasteiger partial charge < -0.3 is 15.6 Å². The first-order valence-electron chi connectivity index (χ1n) is 5.39. The fourth-order valence-corrected chi connectivity index (χ4v) is 1.98. The Morgan fingerprint density at radius 3 is 2.76 bits per heavy atom. The molecule has 0 amide bonds. The van der Waals surface area contributed by atoms with Crippen LogP contribution in [0.3, 0.4) is 0 Å². The van der Waals surface area contributed by atoms with Crippen LogP contribution in [0.2, 0.25) is 0 Å². The van der Waals surface area contributed by atoms with Crippen LogP contribution in [-0.4, -0.2) is 16.5 Å². The lowest BCUT2D eigenvalue weighted by molar-refractivity contribution is 1.04. The molecule has 0 aliphatic carbocycles. The van der Waals surface area contributed by atoms with Crippen LogP contribution in [0, 0.1) is 0 Å². The smallest absolute Gasteiger partial charge is 0.304 e. The van der Waals surface area contributed by atoms with Gasteiger partial charge in [-0.15, -0.1) is 0 Å². The van der Waals surface area contributed by atoms with Gasteiger partial charge in [0.2, 0.25) is 0 Å². The third kappa shape index (κ3) is 3.32. The van der Waals surface area contributed by atoms with Gasteiger partial charge in [0.1, 0.15) is 11.6 Å². The zero-order valence-corrected chi connectivity index (χ0v) is 10.3. The van der Waals surface area contributed by atoms with Crippen LogP contribution in [0.25, 0.3) is 0 Å². The van der Waals surface area contributed by atoms with Crippen molar-refractivity contribution >= 4 is 23.0 Å². The Bertz CT molecular complexity index is 534. The van der Waals surface area contributed by atoms with Crippen molar-refractivity contribution in [3.8, 4) is 0 Å². The first kappa shape index (κ1) is 11.7. The Balaban J connectivity index is 1.98. The molecule has 2 heterocycles. The molecule has 5 nitrogen and oxygen atoms in total. The van der Waals surface area contributed by atoms with Gasteiger partial charge in [0.25, 0.3) is 0 Å². The number of nitrogens with zero attached hydrogens (tertiary/aromatic N) is 1. The van der Waals surface area contributed by atoms with E-state index in [9.17, 15) is 4.79 Å². The number of anilines is 2. The van der Waals surface area contributed by atoms with E-state index in [0.29, 0.717) is 6.54 Å². The topological polar surface area (TPSA) is 69.8 Å². The molecule has 17 heavy (non-hydrogen) atoms. The minimum atomic E-state index is -0.0313. The lowest BCUT2D eigenvalue weighted by Gasteiger charge is -2.06. The summed E-state index contributed by atoms with van der Waals surface area (Å²) in [5.74, 6) is 1.63. The number of thiazole rings is 1. The maximum Gasteiger partial charge on any atom is 0.304 e. The number of rotatable bonds is 5. The van der Waals surface area contributed by atoms with Gasteiger partial charge in [-0.3, -0.25) is 4.79 Å². The maximum absolute atomic E-state index is 11.0. The van der Waals surface area contributed by atoms with Crippen LogP contribution in [0.15, 0.2) is 28.4 Å². The molecule has 3 N–H and O–H groups in total. The van der Waals surface area contributed by atoms with E-state index in [1.807, 2.05) is 30.5 Å². The highest BCUT2D eigenvalue weighted by atomic mass is 32.1. The number of aromatic amines is 1. The van der Waals surface area contributed by atoms with E-state index in [0.717, 1.165) is 23.9 Å². The monoisotopic (exact) mass is 250 g/mol. The van der Waals surface area contributed by atoms with Gasteiger partial charge in [-0.1, -0.05) is 17.4 Å². The van der Waals surface area contributed by atoms with Crippen LogP contribution in [-0.2, 0) is 6.54 Å². The predicted octanol–water partition coefficient (Wildman–Crippen LogP) is 1.88. The fraction of sp³-hybridized carbons (Fsp3) is 0.273. The molecule has 0 unspecified atom stereocenters. The Kier molecular flexibility index (Phi) is 3.77. The highest BCUT2D eigenvalue weighted by Crippen LogP contribution is 2.09. The molecule has 0 saturated heterocycles. The van der Waals surface area contributed by atoms with Crippen LogP contribution in [0.4, 0.5) is 11.6 Å². The highest BCUT2D eigenvalue weighted by Gasteiger charge is 1.99. The van der Waals surface area contributed by atoms with E-state index in [1.165, 1.54) is 11.3 Å². The highest BCUT2D eigenvalue weighted by molar-refractivity contribution is 7.07. The predicted molar refractivity (Wildman–Crippen MR) is 70.7 cm³/mol. The zero-order chi connectivity index (χ0) is 12.1. The summed E-state index contributed by atoms with van der Waals surface area (Å²) in [7, 11) is 0. The van der Waals surface area contributed by atoms with Crippen molar-refractivity contribution in [3.05, 3.63) is 38.9 Å². The van der Waals surface area contributed by atoms with Crippen molar-refractivity contribution in [2.24, 2.45) is 0 Å². The molecular formula is C11H14N4OS. The minimum Gasteiger partial charge on any atom is -0.370 e. The fourth-order valence-electron chi connectivity index (χ4n) is 1.40. The molecule has 0 aromatic carbocycles. The van der Waals surface area contributed by atoms with Crippen LogP contribution in [0.5, 0.6) is 0 Å². The molecule has 0 radical (unpaired) electrons. The minimum absolute atomic E-state index is 0.0313. The average Bonchev–Trinajstić information content (AvgIpc) is 2.74. The molecule has 6 heteroatoms. The summed E-state index contributed by atoms with van der Waals surface area (Å²) in [4.78, 5) is 18.0. The van der Waals surface area contributed by atoms with Crippen LogP contribution < -0.4 is 15.5 Å². The summed E-state index contributed by atoms with van der Waals surface area (Å²) < 4.78 is 0. The number of nitrogens with one attached hydrogen (secondary N) is 3. The number of H-pyrrole nitrogens is 1. The van der Waals surface area contributed by atoms with E-state index in [4.69, 9.17) is 0 Å². The first-order valence-corrected chi connectivity index (χ1v) is 6.27. The summed E-state index contributed by atoms with van der Waals surface area (Å²) in [6, 6.07) is 5.75. The first-order chi connectivity index (χ1) is 8.28. The lowest BCUT2D eigenvalue weighted by atomic mass is 10.4. The van der Waals surface area contributed by atoms with Gasteiger partial charge in [0.15, 0.2) is 0 Å². The van der Waals surface area contributed by atoms with Crippen molar-refractivity contribution < 1.29 is 0 Å². The Hall–Kier alpha value is -1.82. The molecule has 0 spiro atoms. The molecule has 0 bridgehead atoms. The lowest BCUT2D eigenvalue weighted by Crippen LogP contribution is -2.05. The van der Waals surface area contributed by atoms with Crippen molar-refractivity contribution in [2.45, 2.75) is 13.5 Å². The molecule has 0 saturated carbocycles. The third-order valence-electron chi connectivity index (χ3n) is 2.14. The van der Waals surface area contributed by atoms with E-state index < -0.39 is 0 Å². The summed E-state index contributed by atoms with van der Waals surface area (Å²) in [5, 5.41) is 8.11. The zero-order valence-electron chi connectivity index (χ0n) is 9.49. The standard InChI is InChI=1S/C11H14N4OS/c1-2-12-9-4-3-5-10(15-9)13-6-8-7-17-11(16)14-8/h3-5,7H,2,6H2,1H3,(H,14,16)(H2,12,13,15). The van der Waals surface area contributed by atoms with E-state index in [1.54, 1.807) is 0 Å². The quantitative estimate of drug-likeness (QED) is 0.757. The maximum atomic E-state index is 11.0.